The van der Waals surface area contributed by atoms with Gasteiger partial charge in [-0.15, -0.1) is 11.3 Å². The Balaban J connectivity index is 2.38. The van der Waals surface area contributed by atoms with E-state index in [0.29, 0.717) is 9.21 Å². The number of ether oxygens (including phenoxy) is 1. The van der Waals surface area contributed by atoms with Crippen LogP contribution in [-0.4, -0.2) is 31.6 Å². The number of esters is 1. The highest BCUT2D eigenvalue weighted by Crippen LogP contribution is 2.21. The first-order valence-electron chi connectivity index (χ1n) is 4.47. The van der Waals surface area contributed by atoms with Crippen LogP contribution in [0.15, 0.2) is 12.1 Å². The van der Waals surface area contributed by atoms with E-state index in [2.05, 4.69) is 10.1 Å². The van der Waals surface area contributed by atoms with Gasteiger partial charge in [-0.2, -0.15) is 0 Å². The SMILES string of the molecule is CNC(=O)NC(=O)COC(=O)c1ccc(Cl)s1. The average Bonchev–Trinajstić information content (AvgIpc) is 2.72. The second-order valence-electron chi connectivity index (χ2n) is 2.81. The first-order valence-corrected chi connectivity index (χ1v) is 5.66. The summed E-state index contributed by atoms with van der Waals surface area (Å²) in [7, 11) is 1.36. The van der Waals surface area contributed by atoms with Crippen LogP contribution >= 0.6 is 22.9 Å². The van der Waals surface area contributed by atoms with Crippen LogP contribution in [0.2, 0.25) is 4.34 Å². The van der Waals surface area contributed by atoms with E-state index < -0.39 is 24.5 Å². The summed E-state index contributed by atoms with van der Waals surface area (Å²) in [6, 6.07) is 2.38. The predicted molar refractivity (Wildman–Crippen MR) is 62.2 cm³/mol. The van der Waals surface area contributed by atoms with Crippen molar-refractivity contribution in [3.63, 3.8) is 0 Å². The molecule has 17 heavy (non-hydrogen) atoms. The van der Waals surface area contributed by atoms with Crippen molar-refractivity contribution in [1.82, 2.24) is 10.6 Å². The van der Waals surface area contributed by atoms with Crippen molar-refractivity contribution in [1.29, 1.82) is 0 Å². The third kappa shape index (κ3) is 4.41. The minimum atomic E-state index is -0.708. The lowest BCUT2D eigenvalue weighted by atomic mass is 10.5. The number of carbonyl (C=O) groups is 3. The zero-order valence-electron chi connectivity index (χ0n) is 8.78. The second kappa shape index (κ2) is 6.21. The van der Waals surface area contributed by atoms with E-state index in [1.165, 1.54) is 13.1 Å². The fourth-order valence-corrected chi connectivity index (χ4v) is 1.79. The number of carbonyl (C=O) groups excluding carboxylic acids is 3. The van der Waals surface area contributed by atoms with Crippen LogP contribution in [0.25, 0.3) is 0 Å². The zero-order valence-corrected chi connectivity index (χ0v) is 10.4. The molecule has 92 valence electrons. The number of rotatable bonds is 3. The summed E-state index contributed by atoms with van der Waals surface area (Å²) in [5, 5.41) is 4.14. The van der Waals surface area contributed by atoms with Crippen LogP contribution in [0.1, 0.15) is 9.67 Å². The molecule has 0 fully saturated rings. The molecular formula is C9H9ClN2O4S. The smallest absolute Gasteiger partial charge is 0.348 e. The lowest BCUT2D eigenvalue weighted by Gasteiger charge is -2.03. The summed E-state index contributed by atoms with van der Waals surface area (Å²) in [6.07, 6.45) is 0. The minimum Gasteiger partial charge on any atom is -0.451 e. The Labute approximate surface area is 106 Å². The van der Waals surface area contributed by atoms with Crippen molar-refractivity contribution in [2.45, 2.75) is 0 Å². The van der Waals surface area contributed by atoms with Crippen LogP contribution in [0.3, 0.4) is 0 Å². The van der Waals surface area contributed by atoms with Gasteiger partial charge in [-0.05, 0) is 12.1 Å². The molecule has 0 spiro atoms. The highest BCUT2D eigenvalue weighted by molar-refractivity contribution is 7.17. The Bertz CT molecular complexity index is 446. The molecule has 0 bridgehead atoms. The highest BCUT2D eigenvalue weighted by atomic mass is 35.5. The topological polar surface area (TPSA) is 84.5 Å². The number of hydrogen-bond donors (Lipinski definition) is 2. The van der Waals surface area contributed by atoms with E-state index in [0.717, 1.165) is 11.3 Å². The average molecular weight is 277 g/mol. The molecule has 0 saturated carbocycles. The van der Waals surface area contributed by atoms with Crippen molar-refractivity contribution in [2.24, 2.45) is 0 Å². The molecule has 0 radical (unpaired) electrons. The third-order valence-electron chi connectivity index (χ3n) is 1.59. The van der Waals surface area contributed by atoms with E-state index in [9.17, 15) is 14.4 Å². The van der Waals surface area contributed by atoms with E-state index in [1.807, 2.05) is 5.32 Å². The summed E-state index contributed by atoms with van der Waals surface area (Å²) in [5.41, 5.74) is 0. The zero-order chi connectivity index (χ0) is 12.8. The number of imide groups is 1. The first-order chi connectivity index (χ1) is 8.02. The minimum absolute atomic E-state index is 0.294. The van der Waals surface area contributed by atoms with Gasteiger partial charge in [0.05, 0.1) is 4.34 Å². The quantitative estimate of drug-likeness (QED) is 0.807. The normalized spacial score (nSPS) is 9.53. The van der Waals surface area contributed by atoms with Crippen LogP contribution in [-0.2, 0) is 9.53 Å². The maximum Gasteiger partial charge on any atom is 0.348 e. The number of urea groups is 1. The summed E-state index contributed by atoms with van der Waals surface area (Å²) in [5.74, 6) is -1.37. The predicted octanol–water partition coefficient (Wildman–Crippen LogP) is 1.01. The van der Waals surface area contributed by atoms with Crippen LogP contribution in [0.5, 0.6) is 0 Å². The van der Waals surface area contributed by atoms with Crippen LogP contribution < -0.4 is 10.6 Å². The van der Waals surface area contributed by atoms with Crippen molar-refractivity contribution >= 4 is 40.8 Å². The van der Waals surface area contributed by atoms with E-state index in [1.54, 1.807) is 6.07 Å². The first kappa shape index (κ1) is 13.5. The largest absolute Gasteiger partial charge is 0.451 e. The molecule has 1 aromatic heterocycles. The number of nitrogens with one attached hydrogen (secondary N) is 2. The van der Waals surface area contributed by atoms with Crippen molar-refractivity contribution in [2.75, 3.05) is 13.7 Å². The molecule has 0 saturated heterocycles. The lowest BCUT2D eigenvalue weighted by Crippen LogP contribution is -2.39. The molecule has 3 amide bonds. The molecular weight excluding hydrogens is 268 g/mol. The molecule has 0 unspecified atom stereocenters. The second-order valence-corrected chi connectivity index (χ2v) is 4.52. The Morgan fingerprint density at radius 1 is 1.41 bits per heavy atom. The highest BCUT2D eigenvalue weighted by Gasteiger charge is 2.13. The van der Waals surface area contributed by atoms with Crippen LogP contribution in [0, 0.1) is 0 Å². The molecule has 0 aromatic carbocycles. The fraction of sp³-hybridized carbons (Fsp3) is 0.222. The molecule has 1 rings (SSSR count). The van der Waals surface area contributed by atoms with E-state index >= 15 is 0 Å². The molecule has 0 aliphatic carbocycles. The van der Waals surface area contributed by atoms with Crippen LogP contribution in [0.4, 0.5) is 4.79 Å². The van der Waals surface area contributed by atoms with Gasteiger partial charge in [-0.1, -0.05) is 11.6 Å². The van der Waals surface area contributed by atoms with Crippen molar-refractivity contribution < 1.29 is 19.1 Å². The Kier molecular flexibility index (Phi) is 4.92. The maximum absolute atomic E-state index is 11.4. The molecule has 1 heterocycles. The van der Waals surface area contributed by atoms with Crippen molar-refractivity contribution in [3.8, 4) is 0 Å². The standard InChI is InChI=1S/C9H9ClN2O4S/c1-11-9(15)12-7(13)4-16-8(14)5-2-3-6(10)17-5/h2-3H,4H2,1H3,(H2,11,12,13,15). The molecule has 1 aromatic rings. The number of hydrogen-bond acceptors (Lipinski definition) is 5. The molecule has 0 aliphatic rings. The van der Waals surface area contributed by atoms with Gasteiger partial charge in [-0.3, -0.25) is 10.1 Å². The molecule has 0 atom stereocenters. The molecule has 0 aliphatic heterocycles. The summed E-state index contributed by atoms with van der Waals surface area (Å²) in [4.78, 5) is 33.5. The monoisotopic (exact) mass is 276 g/mol. The molecule has 8 heteroatoms. The van der Waals surface area contributed by atoms with Gasteiger partial charge in [0.25, 0.3) is 5.91 Å². The Morgan fingerprint density at radius 2 is 2.12 bits per heavy atom. The number of thiophene rings is 1. The van der Waals surface area contributed by atoms with Gasteiger partial charge in [0, 0.05) is 7.05 Å². The van der Waals surface area contributed by atoms with Gasteiger partial charge < -0.3 is 10.1 Å². The van der Waals surface area contributed by atoms with E-state index in [-0.39, 0.29) is 0 Å². The maximum atomic E-state index is 11.4. The van der Waals surface area contributed by atoms with Gasteiger partial charge in [0.2, 0.25) is 0 Å². The fourth-order valence-electron chi connectivity index (χ4n) is 0.851. The van der Waals surface area contributed by atoms with Gasteiger partial charge in [0.1, 0.15) is 4.88 Å². The van der Waals surface area contributed by atoms with Gasteiger partial charge in [-0.25, -0.2) is 9.59 Å². The van der Waals surface area contributed by atoms with E-state index in [4.69, 9.17) is 11.6 Å². The third-order valence-corrected chi connectivity index (χ3v) is 2.80. The number of amides is 3. The van der Waals surface area contributed by atoms with Gasteiger partial charge in [0.15, 0.2) is 6.61 Å². The summed E-state index contributed by atoms with van der Waals surface area (Å²) in [6.45, 7) is -0.526. The summed E-state index contributed by atoms with van der Waals surface area (Å²) < 4.78 is 5.12. The lowest BCUT2D eigenvalue weighted by molar-refractivity contribution is -0.123. The molecule has 2 N–H and O–H groups in total. The van der Waals surface area contributed by atoms with Gasteiger partial charge >= 0.3 is 12.0 Å². The Morgan fingerprint density at radius 3 is 2.65 bits per heavy atom. The van der Waals surface area contributed by atoms with Crippen molar-refractivity contribution in [3.05, 3.63) is 21.3 Å². The molecule has 6 nitrogen and oxygen atoms in total. The number of halogens is 1. The Hall–Kier alpha value is -1.60. The summed E-state index contributed by atoms with van der Waals surface area (Å²) >= 11 is 6.68.